The lowest BCUT2D eigenvalue weighted by Crippen LogP contribution is -2.02. The first-order chi connectivity index (χ1) is 7.18. The normalized spacial score (nSPS) is 11.1. The summed E-state index contributed by atoms with van der Waals surface area (Å²) in [6, 6.07) is 7.90. The summed E-state index contributed by atoms with van der Waals surface area (Å²) in [7, 11) is 0. The number of fused-ring (bicyclic) bond motifs is 1. The molecule has 0 aliphatic rings. The van der Waals surface area contributed by atoms with Crippen molar-refractivity contribution in [3.8, 4) is 0 Å². The average molecular weight is 201 g/mol. The van der Waals surface area contributed by atoms with Crippen LogP contribution in [0.1, 0.15) is 30.6 Å². The van der Waals surface area contributed by atoms with Crippen molar-refractivity contribution in [3.05, 3.63) is 36.0 Å². The van der Waals surface area contributed by atoms with Gasteiger partial charge in [-0.05, 0) is 12.0 Å². The van der Waals surface area contributed by atoms with E-state index in [1.54, 1.807) is 0 Å². The van der Waals surface area contributed by atoms with Gasteiger partial charge < -0.3 is 4.98 Å². The molecule has 2 rings (SSSR count). The molecule has 1 aromatic heterocycles. The average Bonchev–Trinajstić information content (AvgIpc) is 2.59. The molecule has 0 saturated carbocycles. The van der Waals surface area contributed by atoms with Gasteiger partial charge in [0.2, 0.25) is 0 Å². The number of benzene rings is 1. The number of nitrogens with one attached hydrogen (secondary N) is 1. The highest BCUT2D eigenvalue weighted by molar-refractivity contribution is 6.07. The fourth-order valence-electron chi connectivity index (χ4n) is 1.78. The smallest absolute Gasteiger partial charge is 0.165 e. The Morgan fingerprint density at radius 3 is 2.80 bits per heavy atom. The van der Waals surface area contributed by atoms with E-state index in [9.17, 15) is 4.79 Å². The SMILES string of the molecule is CC(C)CC(=O)c1c[nH]c2ccccc12. The molecule has 15 heavy (non-hydrogen) atoms. The summed E-state index contributed by atoms with van der Waals surface area (Å²) in [4.78, 5) is 15.0. The third kappa shape index (κ3) is 1.94. The van der Waals surface area contributed by atoms with Crippen LogP contribution >= 0.6 is 0 Å². The molecule has 2 heteroatoms. The van der Waals surface area contributed by atoms with Crippen LogP contribution in [0.15, 0.2) is 30.5 Å². The summed E-state index contributed by atoms with van der Waals surface area (Å²) in [5.41, 5.74) is 1.85. The molecule has 1 heterocycles. The van der Waals surface area contributed by atoms with Crippen molar-refractivity contribution in [1.82, 2.24) is 4.98 Å². The van der Waals surface area contributed by atoms with E-state index in [0.717, 1.165) is 16.5 Å². The third-order valence-corrected chi connectivity index (χ3v) is 2.48. The number of aromatic amines is 1. The number of hydrogen-bond acceptors (Lipinski definition) is 1. The number of ketones is 1. The van der Waals surface area contributed by atoms with Crippen LogP contribution < -0.4 is 0 Å². The number of aromatic nitrogens is 1. The van der Waals surface area contributed by atoms with E-state index in [-0.39, 0.29) is 5.78 Å². The molecule has 1 N–H and O–H groups in total. The van der Waals surface area contributed by atoms with Gasteiger partial charge in [-0.15, -0.1) is 0 Å². The van der Waals surface area contributed by atoms with Crippen LogP contribution in [0.4, 0.5) is 0 Å². The highest BCUT2D eigenvalue weighted by atomic mass is 16.1. The van der Waals surface area contributed by atoms with Gasteiger partial charge in [-0.25, -0.2) is 0 Å². The van der Waals surface area contributed by atoms with Crippen molar-refractivity contribution >= 4 is 16.7 Å². The Hall–Kier alpha value is -1.57. The second-order valence-corrected chi connectivity index (χ2v) is 4.27. The molecule has 2 nitrogen and oxygen atoms in total. The van der Waals surface area contributed by atoms with Crippen molar-refractivity contribution in [2.45, 2.75) is 20.3 Å². The first-order valence-electron chi connectivity index (χ1n) is 5.28. The maximum atomic E-state index is 11.9. The fraction of sp³-hybridized carbons (Fsp3) is 0.308. The monoisotopic (exact) mass is 201 g/mol. The van der Waals surface area contributed by atoms with Gasteiger partial charge in [0, 0.05) is 29.1 Å². The van der Waals surface area contributed by atoms with E-state index in [1.165, 1.54) is 0 Å². The minimum atomic E-state index is 0.224. The zero-order valence-electron chi connectivity index (χ0n) is 9.08. The molecule has 0 amide bonds. The second-order valence-electron chi connectivity index (χ2n) is 4.27. The zero-order chi connectivity index (χ0) is 10.8. The number of para-hydroxylation sites is 1. The fourth-order valence-corrected chi connectivity index (χ4v) is 1.78. The van der Waals surface area contributed by atoms with Gasteiger partial charge in [0.15, 0.2) is 5.78 Å². The van der Waals surface area contributed by atoms with E-state index in [1.807, 2.05) is 30.5 Å². The Bertz CT molecular complexity index is 482. The van der Waals surface area contributed by atoms with Gasteiger partial charge in [0.1, 0.15) is 0 Å². The highest BCUT2D eigenvalue weighted by Crippen LogP contribution is 2.20. The molecule has 0 aliphatic heterocycles. The summed E-state index contributed by atoms with van der Waals surface area (Å²) in [5, 5.41) is 1.03. The molecule has 0 saturated heterocycles. The van der Waals surface area contributed by atoms with Gasteiger partial charge in [0.25, 0.3) is 0 Å². The first kappa shape index (κ1) is 9.97. The second kappa shape index (κ2) is 3.89. The minimum absolute atomic E-state index is 0.224. The lowest BCUT2D eigenvalue weighted by Gasteiger charge is -2.02. The van der Waals surface area contributed by atoms with Crippen LogP contribution in [-0.2, 0) is 0 Å². The summed E-state index contributed by atoms with van der Waals surface area (Å²) in [6.07, 6.45) is 2.43. The molecular weight excluding hydrogens is 186 g/mol. The summed E-state index contributed by atoms with van der Waals surface area (Å²) >= 11 is 0. The maximum Gasteiger partial charge on any atom is 0.165 e. The van der Waals surface area contributed by atoms with Crippen LogP contribution in [-0.4, -0.2) is 10.8 Å². The van der Waals surface area contributed by atoms with Crippen molar-refractivity contribution in [3.63, 3.8) is 0 Å². The Morgan fingerprint density at radius 1 is 1.33 bits per heavy atom. The first-order valence-corrected chi connectivity index (χ1v) is 5.28. The lowest BCUT2D eigenvalue weighted by molar-refractivity contribution is 0.0969. The molecule has 0 fully saturated rings. The zero-order valence-corrected chi connectivity index (χ0v) is 9.08. The topological polar surface area (TPSA) is 32.9 Å². The van der Waals surface area contributed by atoms with Crippen molar-refractivity contribution in [2.24, 2.45) is 5.92 Å². The van der Waals surface area contributed by atoms with Gasteiger partial charge >= 0.3 is 0 Å². The van der Waals surface area contributed by atoms with E-state index < -0.39 is 0 Å². The molecule has 0 unspecified atom stereocenters. The van der Waals surface area contributed by atoms with Crippen molar-refractivity contribution in [1.29, 1.82) is 0 Å². The molecule has 0 aliphatic carbocycles. The van der Waals surface area contributed by atoms with Gasteiger partial charge in [0.05, 0.1) is 0 Å². The largest absolute Gasteiger partial charge is 0.360 e. The lowest BCUT2D eigenvalue weighted by atomic mass is 10.0. The van der Waals surface area contributed by atoms with E-state index in [2.05, 4.69) is 18.8 Å². The van der Waals surface area contributed by atoms with Gasteiger partial charge in [-0.1, -0.05) is 32.0 Å². The van der Waals surface area contributed by atoms with E-state index >= 15 is 0 Å². The van der Waals surface area contributed by atoms with E-state index in [4.69, 9.17) is 0 Å². The highest BCUT2D eigenvalue weighted by Gasteiger charge is 2.12. The Kier molecular flexibility index (Phi) is 2.58. The molecule has 2 aromatic rings. The standard InChI is InChI=1S/C13H15NO/c1-9(2)7-13(15)11-8-14-12-6-4-3-5-10(11)12/h3-6,8-9,14H,7H2,1-2H3. The molecule has 0 radical (unpaired) electrons. The molecule has 0 atom stereocenters. The van der Waals surface area contributed by atoms with Crippen LogP contribution in [0.5, 0.6) is 0 Å². The molecule has 0 spiro atoms. The predicted molar refractivity (Wildman–Crippen MR) is 62.1 cm³/mol. The summed E-state index contributed by atoms with van der Waals surface area (Å²) < 4.78 is 0. The third-order valence-electron chi connectivity index (χ3n) is 2.48. The summed E-state index contributed by atoms with van der Waals surface area (Å²) in [6.45, 7) is 4.12. The van der Waals surface area contributed by atoms with E-state index in [0.29, 0.717) is 12.3 Å². The van der Waals surface area contributed by atoms with Crippen LogP contribution in [0.2, 0.25) is 0 Å². The maximum absolute atomic E-state index is 11.9. The summed E-state index contributed by atoms with van der Waals surface area (Å²) in [5.74, 6) is 0.633. The molecule has 0 bridgehead atoms. The molecular formula is C13H15NO. The predicted octanol–water partition coefficient (Wildman–Crippen LogP) is 3.40. The number of Topliss-reactive ketones (excluding diaryl/α,β-unsaturated/α-hetero) is 1. The number of rotatable bonds is 3. The van der Waals surface area contributed by atoms with Crippen LogP contribution in [0, 0.1) is 5.92 Å². The van der Waals surface area contributed by atoms with Crippen LogP contribution in [0.3, 0.4) is 0 Å². The Balaban J connectivity index is 2.40. The number of carbonyl (C=O) groups excluding carboxylic acids is 1. The van der Waals surface area contributed by atoms with Crippen molar-refractivity contribution < 1.29 is 4.79 Å². The molecule has 78 valence electrons. The Labute approximate surface area is 89.3 Å². The van der Waals surface area contributed by atoms with Crippen LogP contribution in [0.25, 0.3) is 10.9 Å². The van der Waals surface area contributed by atoms with Gasteiger partial charge in [-0.2, -0.15) is 0 Å². The number of carbonyl (C=O) groups is 1. The minimum Gasteiger partial charge on any atom is -0.360 e. The number of H-pyrrole nitrogens is 1. The molecule has 1 aromatic carbocycles. The quantitative estimate of drug-likeness (QED) is 0.758. The Morgan fingerprint density at radius 2 is 2.07 bits per heavy atom. The van der Waals surface area contributed by atoms with Gasteiger partial charge in [-0.3, -0.25) is 4.79 Å². The van der Waals surface area contributed by atoms with Crippen molar-refractivity contribution in [2.75, 3.05) is 0 Å². The number of hydrogen-bond donors (Lipinski definition) is 1.